The average Bonchev–Trinajstić information content (AvgIpc) is 3.21. The van der Waals surface area contributed by atoms with Gasteiger partial charge in [0.25, 0.3) is 5.95 Å². The van der Waals surface area contributed by atoms with E-state index in [0.29, 0.717) is 35.3 Å². The lowest BCUT2D eigenvalue weighted by Gasteiger charge is -2.20. The lowest BCUT2D eigenvalue weighted by molar-refractivity contribution is 0.0634. The SMILES string of the molecule is CC(C)(C)OC(=O)Nc1nc(-c2nc3c(s2)CCOc2cc(Br)cnc2-3)n(C(C)(C)C)n1. The van der Waals surface area contributed by atoms with Crippen molar-refractivity contribution in [2.75, 3.05) is 11.9 Å². The van der Waals surface area contributed by atoms with Gasteiger partial charge in [0.15, 0.2) is 10.8 Å². The van der Waals surface area contributed by atoms with Crippen LogP contribution in [0.2, 0.25) is 0 Å². The molecule has 4 heterocycles. The molecule has 0 saturated heterocycles. The molecule has 170 valence electrons. The van der Waals surface area contributed by atoms with Crippen molar-refractivity contribution < 1.29 is 14.3 Å². The molecule has 0 unspecified atom stereocenters. The Morgan fingerprint density at radius 2 is 1.97 bits per heavy atom. The molecule has 0 atom stereocenters. The zero-order valence-electron chi connectivity index (χ0n) is 18.8. The number of nitrogens with one attached hydrogen (secondary N) is 1. The number of fused-ring (bicyclic) bond motifs is 3. The van der Waals surface area contributed by atoms with E-state index in [9.17, 15) is 4.79 Å². The maximum absolute atomic E-state index is 12.2. The van der Waals surface area contributed by atoms with Gasteiger partial charge in [-0.05, 0) is 63.5 Å². The number of rotatable bonds is 2. The smallest absolute Gasteiger partial charge is 0.414 e. The van der Waals surface area contributed by atoms with Crippen LogP contribution in [0.4, 0.5) is 10.7 Å². The maximum atomic E-state index is 12.2. The number of hydrogen-bond acceptors (Lipinski definition) is 8. The molecule has 11 heteroatoms. The van der Waals surface area contributed by atoms with E-state index in [1.54, 1.807) is 31.6 Å². The molecular formula is C21H25BrN6O3S. The molecule has 0 aromatic carbocycles. The van der Waals surface area contributed by atoms with Crippen molar-refractivity contribution in [3.63, 3.8) is 0 Å². The van der Waals surface area contributed by atoms with Gasteiger partial charge in [0.1, 0.15) is 22.7 Å². The molecule has 3 aromatic heterocycles. The molecule has 0 radical (unpaired) electrons. The Labute approximate surface area is 198 Å². The summed E-state index contributed by atoms with van der Waals surface area (Å²) >= 11 is 4.97. The van der Waals surface area contributed by atoms with Crippen LogP contribution in [0.3, 0.4) is 0 Å². The highest BCUT2D eigenvalue weighted by atomic mass is 79.9. The van der Waals surface area contributed by atoms with Gasteiger partial charge in [0.05, 0.1) is 12.1 Å². The van der Waals surface area contributed by atoms with E-state index in [1.165, 1.54) is 11.3 Å². The van der Waals surface area contributed by atoms with E-state index in [-0.39, 0.29) is 11.5 Å². The molecule has 1 N–H and O–H groups in total. The summed E-state index contributed by atoms with van der Waals surface area (Å²) in [5.74, 6) is 1.43. The minimum atomic E-state index is -0.621. The van der Waals surface area contributed by atoms with Gasteiger partial charge in [-0.25, -0.2) is 19.4 Å². The lowest BCUT2D eigenvalue weighted by Crippen LogP contribution is -2.28. The number of thiazole rings is 1. The van der Waals surface area contributed by atoms with Crippen molar-refractivity contribution in [2.45, 2.75) is 59.1 Å². The molecule has 9 nitrogen and oxygen atoms in total. The van der Waals surface area contributed by atoms with Gasteiger partial charge < -0.3 is 9.47 Å². The fraction of sp³-hybridized carbons (Fsp3) is 0.476. The lowest BCUT2D eigenvalue weighted by atomic mass is 10.1. The minimum absolute atomic E-state index is 0.167. The third-order valence-corrected chi connectivity index (χ3v) is 5.92. The zero-order chi connectivity index (χ0) is 23.3. The average molecular weight is 521 g/mol. The fourth-order valence-corrected chi connectivity index (χ4v) is 4.46. The first-order valence-corrected chi connectivity index (χ1v) is 11.8. The van der Waals surface area contributed by atoms with E-state index in [1.807, 2.05) is 26.8 Å². The number of aromatic nitrogens is 5. The van der Waals surface area contributed by atoms with Crippen molar-refractivity contribution in [1.82, 2.24) is 24.7 Å². The normalized spacial score (nSPS) is 13.6. The van der Waals surface area contributed by atoms with Crippen molar-refractivity contribution in [2.24, 2.45) is 0 Å². The van der Waals surface area contributed by atoms with Crippen LogP contribution in [-0.2, 0) is 16.7 Å². The summed E-state index contributed by atoms with van der Waals surface area (Å²) in [4.78, 5) is 27.3. The summed E-state index contributed by atoms with van der Waals surface area (Å²) in [6.07, 6.45) is 1.84. The molecule has 0 aliphatic carbocycles. The summed E-state index contributed by atoms with van der Waals surface area (Å²) < 4.78 is 13.8. The Balaban J connectivity index is 1.74. The van der Waals surface area contributed by atoms with E-state index in [2.05, 4.69) is 36.3 Å². The minimum Gasteiger partial charge on any atom is -0.491 e. The van der Waals surface area contributed by atoms with Gasteiger partial charge in [-0.15, -0.1) is 16.4 Å². The van der Waals surface area contributed by atoms with Gasteiger partial charge in [-0.2, -0.15) is 4.98 Å². The van der Waals surface area contributed by atoms with Gasteiger partial charge in [0.2, 0.25) is 0 Å². The number of anilines is 1. The van der Waals surface area contributed by atoms with Gasteiger partial charge in [-0.1, -0.05) is 0 Å². The maximum Gasteiger partial charge on any atom is 0.414 e. The van der Waals surface area contributed by atoms with Crippen LogP contribution < -0.4 is 10.1 Å². The summed E-state index contributed by atoms with van der Waals surface area (Å²) in [7, 11) is 0. The molecule has 1 amide bonds. The zero-order valence-corrected chi connectivity index (χ0v) is 21.2. The predicted molar refractivity (Wildman–Crippen MR) is 126 cm³/mol. The fourth-order valence-electron chi connectivity index (χ4n) is 3.13. The highest BCUT2D eigenvalue weighted by Crippen LogP contribution is 2.40. The van der Waals surface area contributed by atoms with Gasteiger partial charge in [0, 0.05) is 22.0 Å². The van der Waals surface area contributed by atoms with Gasteiger partial charge in [-0.3, -0.25) is 5.32 Å². The number of halogens is 1. The molecule has 0 fully saturated rings. The molecule has 1 aliphatic rings. The van der Waals surface area contributed by atoms with E-state index in [4.69, 9.17) is 14.5 Å². The highest BCUT2D eigenvalue weighted by molar-refractivity contribution is 9.10. The van der Waals surface area contributed by atoms with Crippen LogP contribution in [0.5, 0.6) is 5.75 Å². The quantitative estimate of drug-likeness (QED) is 0.490. The number of ether oxygens (including phenoxy) is 2. The molecule has 4 rings (SSSR count). The van der Waals surface area contributed by atoms with Crippen LogP contribution in [-0.4, -0.2) is 43.0 Å². The number of pyridine rings is 1. The summed E-state index contributed by atoms with van der Waals surface area (Å²) in [5.41, 5.74) is 0.486. The molecule has 0 bridgehead atoms. The van der Waals surface area contributed by atoms with Crippen LogP contribution in [0, 0.1) is 0 Å². The Bertz CT molecular complexity index is 1180. The predicted octanol–water partition coefficient (Wildman–Crippen LogP) is 5.26. The highest BCUT2D eigenvalue weighted by Gasteiger charge is 2.29. The molecule has 32 heavy (non-hydrogen) atoms. The van der Waals surface area contributed by atoms with E-state index in [0.717, 1.165) is 15.0 Å². The number of carbonyl (C=O) groups is 1. The Kier molecular flexibility index (Phi) is 5.74. The van der Waals surface area contributed by atoms with Crippen LogP contribution >= 0.6 is 27.3 Å². The monoisotopic (exact) mass is 520 g/mol. The molecule has 3 aromatic rings. The van der Waals surface area contributed by atoms with Crippen LogP contribution in [0.1, 0.15) is 46.4 Å². The summed E-state index contributed by atoms with van der Waals surface area (Å²) in [6, 6.07) is 1.90. The van der Waals surface area contributed by atoms with Crippen LogP contribution in [0.15, 0.2) is 16.7 Å². The second-order valence-corrected chi connectivity index (χ2v) is 11.4. The van der Waals surface area contributed by atoms with Crippen LogP contribution in [0.25, 0.3) is 22.2 Å². The van der Waals surface area contributed by atoms with Crippen molar-refractivity contribution in [1.29, 1.82) is 0 Å². The molecule has 0 spiro atoms. The number of carbonyl (C=O) groups excluding carboxylic acids is 1. The number of nitrogens with zero attached hydrogens (tertiary/aromatic N) is 5. The summed E-state index contributed by atoms with van der Waals surface area (Å²) in [5, 5.41) is 7.85. The Morgan fingerprint density at radius 1 is 1.22 bits per heavy atom. The van der Waals surface area contributed by atoms with Gasteiger partial charge >= 0.3 is 6.09 Å². The first-order valence-electron chi connectivity index (χ1n) is 10.2. The standard InChI is InChI=1S/C21H25BrN6O3S/c1-20(2,3)28-16(25-18(27-28)26-19(29)31-21(4,5)6)17-24-15-13(32-17)7-8-30-12-9-11(22)10-23-14(12)15/h9-10H,7-8H2,1-6H3,(H,26,27,29). The van der Waals surface area contributed by atoms with E-state index >= 15 is 0 Å². The molecule has 0 saturated carbocycles. The largest absolute Gasteiger partial charge is 0.491 e. The van der Waals surface area contributed by atoms with E-state index < -0.39 is 11.7 Å². The number of amides is 1. The van der Waals surface area contributed by atoms with Crippen molar-refractivity contribution in [3.8, 4) is 28.0 Å². The first kappa shape index (κ1) is 22.7. The molecule has 1 aliphatic heterocycles. The second-order valence-electron chi connectivity index (χ2n) is 9.36. The Hall–Kier alpha value is -2.53. The third-order valence-electron chi connectivity index (χ3n) is 4.37. The summed E-state index contributed by atoms with van der Waals surface area (Å²) in [6.45, 7) is 12.0. The first-order chi connectivity index (χ1) is 14.9. The van der Waals surface area contributed by atoms with Crippen molar-refractivity contribution in [3.05, 3.63) is 21.6 Å². The molecular weight excluding hydrogens is 496 g/mol. The second kappa shape index (κ2) is 8.11. The third kappa shape index (κ3) is 4.78. The topological polar surface area (TPSA) is 104 Å². The number of hydrogen-bond donors (Lipinski definition) is 1. The Morgan fingerprint density at radius 3 is 2.66 bits per heavy atom. The van der Waals surface area contributed by atoms with Crippen molar-refractivity contribution >= 4 is 39.3 Å².